The van der Waals surface area contributed by atoms with Crippen LogP contribution in [0.5, 0.6) is 5.75 Å². The van der Waals surface area contributed by atoms with Gasteiger partial charge in [-0.1, -0.05) is 72.6 Å². The molecule has 31 heavy (non-hydrogen) atoms. The summed E-state index contributed by atoms with van der Waals surface area (Å²) in [5, 5.41) is 10.5. The van der Waals surface area contributed by atoms with E-state index in [9.17, 15) is 9.90 Å². The topological polar surface area (TPSA) is 49.8 Å². The smallest absolute Gasteiger partial charge is 0.320 e. The molecule has 160 valence electrons. The fourth-order valence-corrected chi connectivity index (χ4v) is 4.36. The van der Waals surface area contributed by atoms with Crippen molar-refractivity contribution in [3.63, 3.8) is 0 Å². The average molecular weight is 436 g/mol. The van der Waals surface area contributed by atoms with Gasteiger partial charge in [0, 0.05) is 5.02 Å². The van der Waals surface area contributed by atoms with Crippen molar-refractivity contribution >= 4 is 17.6 Å². The number of likely N-dealkylation sites (tertiary alicyclic amines) is 1. The largest absolute Gasteiger partial charge is 0.489 e. The average Bonchev–Trinajstić information content (AvgIpc) is 2.81. The van der Waals surface area contributed by atoms with E-state index in [1.165, 1.54) is 0 Å². The van der Waals surface area contributed by atoms with Gasteiger partial charge < -0.3 is 9.84 Å². The maximum Gasteiger partial charge on any atom is 0.320 e. The highest BCUT2D eigenvalue weighted by Crippen LogP contribution is 2.35. The van der Waals surface area contributed by atoms with Crippen LogP contribution in [-0.4, -0.2) is 28.6 Å². The lowest BCUT2D eigenvalue weighted by Gasteiger charge is -2.39. The minimum Gasteiger partial charge on any atom is -0.489 e. The minimum absolute atomic E-state index is 0.151. The molecule has 2 unspecified atom stereocenters. The maximum absolute atomic E-state index is 12.0. The number of halogens is 1. The van der Waals surface area contributed by atoms with Crippen LogP contribution in [0.15, 0.2) is 78.9 Å². The molecule has 1 N–H and O–H groups in total. The molecule has 2 atom stereocenters. The predicted molar refractivity (Wildman–Crippen MR) is 122 cm³/mol. The van der Waals surface area contributed by atoms with Crippen LogP contribution in [0.3, 0.4) is 0 Å². The van der Waals surface area contributed by atoms with E-state index in [2.05, 4.69) is 4.90 Å². The summed E-state index contributed by atoms with van der Waals surface area (Å²) in [6, 6.07) is 25.1. The molecule has 5 heteroatoms. The van der Waals surface area contributed by atoms with E-state index in [-0.39, 0.29) is 6.04 Å². The van der Waals surface area contributed by atoms with E-state index >= 15 is 0 Å². The summed E-state index contributed by atoms with van der Waals surface area (Å²) in [7, 11) is 0. The lowest BCUT2D eigenvalue weighted by Crippen LogP contribution is -2.46. The number of benzene rings is 3. The normalized spacial score (nSPS) is 17.8. The van der Waals surface area contributed by atoms with Crippen molar-refractivity contribution < 1.29 is 14.6 Å². The van der Waals surface area contributed by atoms with Crippen molar-refractivity contribution in [1.82, 2.24) is 4.90 Å². The number of carboxylic acid groups (broad SMARTS) is 1. The van der Waals surface area contributed by atoms with Crippen LogP contribution in [0.25, 0.3) is 0 Å². The lowest BCUT2D eigenvalue weighted by atomic mass is 9.91. The SMILES string of the molecule is O=C(O)C1CCCCN1C(c1ccc(Cl)cc1)c1ccc(OCc2ccccc2)cc1. The Kier molecular flexibility index (Phi) is 6.90. The zero-order valence-corrected chi connectivity index (χ0v) is 18.0. The summed E-state index contributed by atoms with van der Waals surface area (Å²) in [6.45, 7) is 1.25. The number of carbonyl (C=O) groups is 1. The molecule has 0 aliphatic carbocycles. The standard InChI is InChI=1S/C26H26ClNO3/c27-22-13-9-20(10-14-22)25(28-17-5-4-8-24(28)26(29)30)21-11-15-23(16-12-21)31-18-19-6-2-1-3-7-19/h1-3,6-7,9-16,24-25H,4-5,8,17-18H2,(H,29,30). The molecule has 0 spiro atoms. The van der Waals surface area contributed by atoms with E-state index < -0.39 is 12.0 Å². The van der Waals surface area contributed by atoms with Crippen LogP contribution in [0, 0.1) is 0 Å². The van der Waals surface area contributed by atoms with Crippen molar-refractivity contribution in [2.24, 2.45) is 0 Å². The summed E-state index contributed by atoms with van der Waals surface area (Å²) < 4.78 is 5.93. The highest BCUT2D eigenvalue weighted by Gasteiger charge is 2.35. The number of rotatable bonds is 7. The second kappa shape index (κ2) is 9.99. The maximum atomic E-state index is 12.0. The number of carboxylic acids is 1. The van der Waals surface area contributed by atoms with E-state index in [0.717, 1.165) is 41.8 Å². The Morgan fingerprint density at radius 2 is 1.61 bits per heavy atom. The van der Waals surface area contributed by atoms with Crippen LogP contribution in [0.4, 0.5) is 0 Å². The first-order valence-corrected chi connectivity index (χ1v) is 11.0. The Morgan fingerprint density at radius 1 is 0.968 bits per heavy atom. The molecule has 1 saturated heterocycles. The Balaban J connectivity index is 1.60. The number of nitrogens with zero attached hydrogens (tertiary/aromatic N) is 1. The first kappa shape index (κ1) is 21.4. The molecule has 3 aromatic rings. The van der Waals surface area contributed by atoms with Crippen molar-refractivity contribution in [3.8, 4) is 5.75 Å². The van der Waals surface area contributed by atoms with E-state index in [0.29, 0.717) is 18.1 Å². The van der Waals surface area contributed by atoms with Gasteiger partial charge in [-0.15, -0.1) is 0 Å². The van der Waals surface area contributed by atoms with Crippen LogP contribution in [0.2, 0.25) is 5.02 Å². The van der Waals surface area contributed by atoms with Crippen molar-refractivity contribution in [2.75, 3.05) is 6.54 Å². The molecule has 0 amide bonds. The van der Waals surface area contributed by atoms with Crippen molar-refractivity contribution in [3.05, 3.63) is 101 Å². The molecule has 1 aliphatic rings. The van der Waals surface area contributed by atoms with Gasteiger partial charge in [-0.3, -0.25) is 9.69 Å². The van der Waals surface area contributed by atoms with Crippen LogP contribution >= 0.6 is 11.6 Å². The number of hydrogen-bond donors (Lipinski definition) is 1. The molecule has 1 aliphatic heterocycles. The number of piperidine rings is 1. The predicted octanol–water partition coefficient (Wildman–Crippen LogP) is 5.95. The lowest BCUT2D eigenvalue weighted by molar-refractivity contribution is -0.145. The van der Waals surface area contributed by atoms with E-state index in [4.69, 9.17) is 16.3 Å². The Hall–Kier alpha value is -2.82. The van der Waals surface area contributed by atoms with Crippen LogP contribution < -0.4 is 4.74 Å². The third-order valence-corrected chi connectivity index (χ3v) is 6.04. The Morgan fingerprint density at radius 3 is 2.26 bits per heavy atom. The molecule has 3 aromatic carbocycles. The van der Waals surface area contributed by atoms with E-state index in [1.54, 1.807) is 0 Å². The summed E-state index contributed by atoms with van der Waals surface area (Å²) >= 11 is 6.11. The molecule has 0 aromatic heterocycles. The summed E-state index contributed by atoms with van der Waals surface area (Å²) in [5.41, 5.74) is 3.20. The monoisotopic (exact) mass is 435 g/mol. The molecule has 1 fully saturated rings. The molecule has 4 rings (SSSR count). The highest BCUT2D eigenvalue weighted by molar-refractivity contribution is 6.30. The van der Waals surface area contributed by atoms with Gasteiger partial charge in [-0.25, -0.2) is 0 Å². The second-order valence-corrected chi connectivity index (χ2v) is 8.32. The highest BCUT2D eigenvalue weighted by atomic mass is 35.5. The molecule has 0 radical (unpaired) electrons. The van der Waals surface area contributed by atoms with Gasteiger partial charge in [-0.05, 0) is 60.3 Å². The number of aliphatic carboxylic acids is 1. The molecule has 4 nitrogen and oxygen atoms in total. The summed E-state index contributed by atoms with van der Waals surface area (Å²) in [4.78, 5) is 14.1. The summed E-state index contributed by atoms with van der Waals surface area (Å²) in [6.07, 6.45) is 2.59. The molecular formula is C26H26ClNO3. The molecule has 0 saturated carbocycles. The third kappa shape index (κ3) is 5.27. The zero-order valence-electron chi connectivity index (χ0n) is 17.3. The van der Waals surface area contributed by atoms with Crippen LogP contribution in [-0.2, 0) is 11.4 Å². The Labute approximate surface area is 188 Å². The van der Waals surface area contributed by atoms with Crippen molar-refractivity contribution in [2.45, 2.75) is 38.0 Å². The zero-order chi connectivity index (χ0) is 21.6. The number of ether oxygens (including phenoxy) is 1. The second-order valence-electron chi connectivity index (χ2n) is 7.89. The van der Waals surface area contributed by atoms with Crippen molar-refractivity contribution in [1.29, 1.82) is 0 Å². The molecule has 0 bridgehead atoms. The van der Waals surface area contributed by atoms with Gasteiger partial charge in [0.15, 0.2) is 0 Å². The third-order valence-electron chi connectivity index (χ3n) is 5.79. The van der Waals surface area contributed by atoms with Gasteiger partial charge in [0.1, 0.15) is 18.4 Å². The quantitative estimate of drug-likeness (QED) is 0.498. The van der Waals surface area contributed by atoms with E-state index in [1.807, 2.05) is 78.9 Å². The number of hydrogen-bond acceptors (Lipinski definition) is 3. The molecular weight excluding hydrogens is 410 g/mol. The van der Waals surface area contributed by atoms with Gasteiger partial charge >= 0.3 is 5.97 Å². The fraction of sp³-hybridized carbons (Fsp3) is 0.269. The minimum atomic E-state index is -0.763. The van der Waals surface area contributed by atoms with Crippen LogP contribution in [0.1, 0.15) is 42.0 Å². The van der Waals surface area contributed by atoms with Gasteiger partial charge in [0.05, 0.1) is 6.04 Å². The first-order chi connectivity index (χ1) is 15.1. The van der Waals surface area contributed by atoms with Gasteiger partial charge in [-0.2, -0.15) is 0 Å². The summed E-state index contributed by atoms with van der Waals surface area (Å²) in [5.74, 6) is 0.0253. The fourth-order valence-electron chi connectivity index (χ4n) is 4.24. The van der Waals surface area contributed by atoms with Gasteiger partial charge in [0.25, 0.3) is 0 Å². The first-order valence-electron chi connectivity index (χ1n) is 10.6. The van der Waals surface area contributed by atoms with Gasteiger partial charge in [0.2, 0.25) is 0 Å². The Bertz CT molecular complexity index is 989. The molecule has 1 heterocycles.